The molecule has 5 atom stereocenters. The molecule has 0 aromatic rings. The summed E-state index contributed by atoms with van der Waals surface area (Å²) in [7, 11) is 0. The molecule has 0 spiro atoms. The van der Waals surface area contributed by atoms with Crippen LogP contribution in [0.5, 0.6) is 0 Å². The molecule has 1 rings (SSSR count). The molecular weight excluding hydrogens is 901 g/mol. The average molecular weight is 952 g/mol. The quantitative estimate of drug-likeness (QED) is 0.0356. The van der Waals surface area contributed by atoms with Crippen LogP contribution in [0.1, 0.15) is 103 Å². The van der Waals surface area contributed by atoms with E-state index in [1.807, 2.05) is 0 Å². The van der Waals surface area contributed by atoms with Crippen molar-refractivity contribution in [3.8, 4) is 0 Å². The molecule has 0 saturated carbocycles. The second-order valence-corrected chi connectivity index (χ2v) is 14.8. The molecule has 1 heterocycles. The molecule has 27 heteroatoms. The van der Waals surface area contributed by atoms with Crippen LogP contribution >= 0.6 is 0 Å². The monoisotopic (exact) mass is 951 g/mol. The molecule has 1 saturated heterocycles. The van der Waals surface area contributed by atoms with Gasteiger partial charge in [-0.3, -0.25) is 9.59 Å². The fourth-order valence-corrected chi connectivity index (χ4v) is 6.15. The van der Waals surface area contributed by atoms with Gasteiger partial charge in [-0.25, -0.2) is 0 Å². The molecule has 0 aromatic carbocycles. The van der Waals surface area contributed by atoms with Crippen LogP contribution in [-0.4, -0.2) is 147 Å². The van der Waals surface area contributed by atoms with E-state index in [2.05, 4.69) is 0 Å². The first-order valence-electron chi connectivity index (χ1n) is 19.3. The summed E-state index contributed by atoms with van der Waals surface area (Å²) in [5, 5.41) is 48.1. The summed E-state index contributed by atoms with van der Waals surface area (Å²) >= 11 is 0. The summed E-state index contributed by atoms with van der Waals surface area (Å²) in [6.45, 7) is -1.45. The van der Waals surface area contributed by atoms with Crippen LogP contribution in [0.2, 0.25) is 0 Å². The topological polar surface area (TPSA) is 157 Å². The van der Waals surface area contributed by atoms with Gasteiger partial charge in [0.1, 0.15) is 24.4 Å². The third-order valence-corrected chi connectivity index (χ3v) is 10.1. The molecule has 0 unspecified atom stereocenters. The maximum absolute atomic E-state index is 14.3. The lowest BCUT2D eigenvalue weighted by Crippen LogP contribution is -2.74. The normalized spacial score (nSPS) is 21.3. The van der Waals surface area contributed by atoms with E-state index in [1.165, 1.54) is 4.90 Å². The minimum Gasteiger partial charge on any atom is -0.481 e. The Bertz CT molecular complexity index is 1370. The van der Waals surface area contributed by atoms with Gasteiger partial charge < -0.3 is 39.9 Å². The SMILES string of the molecule is O=C(O)CCCCCCCCCCC(=O)N(CCCCCCCC(F)(F)C(F)(F)C(F)(F)C(F)(F)C(F)(F)C(F)(F)C(F)(F)C(F)(F)F)CCO[C@@H]1O[C@H](CO)[C@H](O)[C@H](O)[C@H]1O. The third-order valence-electron chi connectivity index (χ3n) is 10.1. The van der Waals surface area contributed by atoms with E-state index in [4.69, 9.17) is 14.6 Å². The van der Waals surface area contributed by atoms with E-state index in [-0.39, 0.29) is 51.8 Å². The van der Waals surface area contributed by atoms with E-state index in [0.717, 1.165) is 32.1 Å². The van der Waals surface area contributed by atoms with Gasteiger partial charge in [0.05, 0.1) is 13.2 Å². The van der Waals surface area contributed by atoms with Crippen LogP contribution in [0.3, 0.4) is 0 Å². The van der Waals surface area contributed by atoms with Gasteiger partial charge in [0.25, 0.3) is 0 Å². The Morgan fingerprint density at radius 3 is 1.40 bits per heavy atom. The molecule has 0 aliphatic carbocycles. The van der Waals surface area contributed by atoms with Crippen molar-refractivity contribution in [1.82, 2.24) is 4.90 Å². The van der Waals surface area contributed by atoms with Gasteiger partial charge in [-0.15, -0.1) is 0 Å². The number of rotatable bonds is 30. The van der Waals surface area contributed by atoms with Crippen molar-refractivity contribution in [3.63, 3.8) is 0 Å². The summed E-state index contributed by atoms with van der Waals surface area (Å²) in [5.74, 6) is -58.0. The zero-order valence-corrected chi connectivity index (χ0v) is 32.8. The second-order valence-electron chi connectivity index (χ2n) is 14.8. The Hall–Kier alpha value is -2.49. The largest absolute Gasteiger partial charge is 0.481 e. The van der Waals surface area contributed by atoms with Crippen LogP contribution in [0.4, 0.5) is 74.6 Å². The highest BCUT2D eigenvalue weighted by Crippen LogP contribution is 2.64. The number of aliphatic hydroxyl groups is 4. The van der Waals surface area contributed by atoms with Crippen LogP contribution < -0.4 is 0 Å². The van der Waals surface area contributed by atoms with Crippen LogP contribution in [0, 0.1) is 0 Å². The number of unbranched alkanes of at least 4 members (excludes halogenated alkanes) is 11. The van der Waals surface area contributed by atoms with Crippen molar-refractivity contribution in [3.05, 3.63) is 0 Å². The standard InChI is InChI=1S/C35H50F17NO9/c36-28(37,29(38,39)30(40,41)31(42,43)32(44,45)33(46,47)34(48,49)35(50,51)52)16-12-8-5-9-13-17-53(18-19-61-27-26(60)25(59)24(58)21(20-54)62-27)22(55)14-10-6-3-1-2-4-7-11-15-23(56)57/h21,24-27,54,58-60H,1-20H2,(H,56,57)/t21-,24+,25+,26-,27-/m1/s1. The minimum absolute atomic E-state index is 0.0000369. The smallest absolute Gasteiger partial charge is 0.460 e. The number of carboxylic acids is 1. The zero-order chi connectivity index (χ0) is 48.2. The molecule has 10 nitrogen and oxygen atoms in total. The molecular formula is C35H50F17NO9. The number of carboxylic acid groups (broad SMARTS) is 1. The predicted molar refractivity (Wildman–Crippen MR) is 178 cm³/mol. The van der Waals surface area contributed by atoms with Gasteiger partial charge in [-0.05, 0) is 25.7 Å². The van der Waals surface area contributed by atoms with Gasteiger partial charge in [0.2, 0.25) is 5.91 Å². The lowest BCUT2D eigenvalue weighted by Gasteiger charge is -2.42. The molecule has 1 aliphatic rings. The molecule has 0 radical (unpaired) electrons. The Labute approximate surface area is 343 Å². The van der Waals surface area contributed by atoms with Crippen molar-refractivity contribution >= 4 is 11.9 Å². The molecule has 1 fully saturated rings. The van der Waals surface area contributed by atoms with E-state index in [9.17, 15) is 105 Å². The molecule has 0 bridgehead atoms. The van der Waals surface area contributed by atoms with E-state index in [1.54, 1.807) is 0 Å². The summed E-state index contributed by atoms with van der Waals surface area (Å²) in [6, 6.07) is 0. The molecule has 5 N–H and O–H groups in total. The summed E-state index contributed by atoms with van der Waals surface area (Å²) in [4.78, 5) is 24.9. The number of amides is 1. The van der Waals surface area contributed by atoms with Crippen LogP contribution in [0.25, 0.3) is 0 Å². The Balaban J connectivity index is 2.85. The van der Waals surface area contributed by atoms with Gasteiger partial charge >= 0.3 is 53.6 Å². The van der Waals surface area contributed by atoms with Crippen molar-refractivity contribution in [1.29, 1.82) is 0 Å². The number of halogens is 17. The molecule has 368 valence electrons. The lowest BCUT2D eigenvalue weighted by molar-refractivity contribution is -0.461. The number of alkyl halides is 17. The fourth-order valence-electron chi connectivity index (χ4n) is 6.15. The fraction of sp³-hybridized carbons (Fsp3) is 0.943. The highest BCUT2D eigenvalue weighted by Gasteiger charge is 2.95. The Morgan fingerprint density at radius 1 is 0.516 bits per heavy atom. The van der Waals surface area contributed by atoms with Gasteiger partial charge in [-0.2, -0.15) is 74.6 Å². The van der Waals surface area contributed by atoms with E-state index in [0.29, 0.717) is 19.3 Å². The number of hydrogen-bond donors (Lipinski definition) is 5. The van der Waals surface area contributed by atoms with Crippen molar-refractivity contribution in [2.45, 2.75) is 181 Å². The zero-order valence-electron chi connectivity index (χ0n) is 32.8. The van der Waals surface area contributed by atoms with E-state index < -0.39 is 116 Å². The summed E-state index contributed by atoms with van der Waals surface area (Å²) < 4.78 is 241. The summed E-state index contributed by atoms with van der Waals surface area (Å²) in [5.41, 5.74) is 0. The van der Waals surface area contributed by atoms with E-state index >= 15 is 0 Å². The first kappa shape index (κ1) is 57.5. The maximum Gasteiger partial charge on any atom is 0.460 e. The maximum atomic E-state index is 14.3. The van der Waals surface area contributed by atoms with Gasteiger partial charge in [-0.1, -0.05) is 57.8 Å². The predicted octanol–water partition coefficient (Wildman–Crippen LogP) is 7.97. The van der Waals surface area contributed by atoms with Gasteiger partial charge in [0, 0.05) is 32.4 Å². The van der Waals surface area contributed by atoms with Crippen molar-refractivity contribution in [2.24, 2.45) is 0 Å². The number of nitrogens with zero attached hydrogens (tertiary/aromatic N) is 1. The Morgan fingerprint density at radius 2 is 0.935 bits per heavy atom. The molecule has 1 aliphatic heterocycles. The van der Waals surface area contributed by atoms with Gasteiger partial charge in [0.15, 0.2) is 6.29 Å². The number of ether oxygens (including phenoxy) is 2. The highest BCUT2D eigenvalue weighted by molar-refractivity contribution is 5.76. The van der Waals surface area contributed by atoms with Crippen LogP contribution in [0.15, 0.2) is 0 Å². The first-order valence-corrected chi connectivity index (χ1v) is 19.3. The molecule has 62 heavy (non-hydrogen) atoms. The Kier molecular flexibility index (Phi) is 21.4. The number of aliphatic carboxylic acids is 1. The molecule has 1 amide bonds. The second kappa shape index (κ2) is 23.1. The van der Waals surface area contributed by atoms with Crippen LogP contribution in [-0.2, 0) is 19.1 Å². The van der Waals surface area contributed by atoms with Crippen molar-refractivity contribution < 1.29 is 119 Å². The van der Waals surface area contributed by atoms with Crippen molar-refractivity contribution in [2.75, 3.05) is 26.3 Å². The average Bonchev–Trinajstić information content (AvgIpc) is 3.16. The first-order chi connectivity index (χ1) is 28.2. The number of carbonyl (C=O) groups excluding carboxylic acids is 1. The number of carbonyl (C=O) groups is 2. The summed E-state index contributed by atoms with van der Waals surface area (Å²) in [6.07, 6.45) is -15.1. The highest BCUT2D eigenvalue weighted by atomic mass is 19.4. The minimum atomic E-state index is -8.68. The number of hydrogen-bond acceptors (Lipinski definition) is 8. The third kappa shape index (κ3) is 13.5. The number of aliphatic hydroxyl groups excluding tert-OH is 4. The molecule has 0 aromatic heterocycles. The lowest BCUT2D eigenvalue weighted by atomic mass is 9.87.